The maximum atomic E-state index is 13.4. The number of hydrogen-bond acceptors (Lipinski definition) is 2. The third kappa shape index (κ3) is 2.58. The number of benzene rings is 3. The molecule has 0 aliphatic heterocycles. The van der Waals surface area contributed by atoms with E-state index < -0.39 is 0 Å². The highest BCUT2D eigenvalue weighted by Gasteiger charge is 2.08. The molecule has 1 N–H and O–H groups in total. The van der Waals surface area contributed by atoms with Crippen molar-refractivity contribution in [1.82, 2.24) is 9.97 Å². The summed E-state index contributed by atoms with van der Waals surface area (Å²) in [5.74, 6) is -0.00543. The minimum Gasteiger partial charge on any atom is -0.306 e. The van der Waals surface area contributed by atoms with Crippen LogP contribution in [-0.4, -0.2) is 9.97 Å². The molecule has 3 aromatic carbocycles. The summed E-state index contributed by atoms with van der Waals surface area (Å²) in [5.41, 5.74) is 2.87. The lowest BCUT2D eigenvalue weighted by Crippen LogP contribution is -2.09. The third-order valence-corrected chi connectivity index (χ3v) is 3.91. The number of nitrogens with one attached hydrogen (secondary N) is 1. The Balaban J connectivity index is 1.87. The van der Waals surface area contributed by atoms with Gasteiger partial charge < -0.3 is 4.98 Å². The Morgan fingerprint density at radius 1 is 0.792 bits per heavy atom. The summed E-state index contributed by atoms with van der Waals surface area (Å²) in [6, 6.07) is 21.4. The van der Waals surface area contributed by atoms with E-state index >= 15 is 0 Å². The second-order valence-corrected chi connectivity index (χ2v) is 5.52. The van der Waals surface area contributed by atoms with Crippen LogP contribution >= 0.6 is 0 Å². The zero-order chi connectivity index (χ0) is 16.5. The molecule has 4 rings (SSSR count). The number of aromatic amines is 1. The van der Waals surface area contributed by atoms with E-state index in [0.717, 1.165) is 11.1 Å². The number of hydrogen-bond donors (Lipinski definition) is 1. The minimum atomic E-state index is -0.366. The zero-order valence-corrected chi connectivity index (χ0v) is 12.7. The summed E-state index contributed by atoms with van der Waals surface area (Å²) in [4.78, 5) is 19.7. The number of halogens is 1. The lowest BCUT2D eigenvalue weighted by molar-refractivity contribution is 0.628. The van der Waals surface area contributed by atoms with Crippen molar-refractivity contribution in [3.8, 4) is 22.5 Å². The van der Waals surface area contributed by atoms with Gasteiger partial charge in [0, 0.05) is 5.56 Å². The molecule has 0 atom stereocenters. The van der Waals surface area contributed by atoms with Gasteiger partial charge in [-0.15, -0.1) is 0 Å². The summed E-state index contributed by atoms with van der Waals surface area (Å²) in [6.45, 7) is 0. The van der Waals surface area contributed by atoms with Gasteiger partial charge in [0.1, 0.15) is 11.6 Å². The van der Waals surface area contributed by atoms with E-state index in [-0.39, 0.29) is 11.4 Å². The van der Waals surface area contributed by atoms with Gasteiger partial charge in [-0.25, -0.2) is 9.37 Å². The van der Waals surface area contributed by atoms with Crippen molar-refractivity contribution in [3.63, 3.8) is 0 Å². The van der Waals surface area contributed by atoms with Crippen molar-refractivity contribution in [2.45, 2.75) is 0 Å². The summed E-state index contributed by atoms with van der Waals surface area (Å²) >= 11 is 0. The van der Waals surface area contributed by atoms with Gasteiger partial charge in [0.25, 0.3) is 5.56 Å². The maximum Gasteiger partial charge on any atom is 0.259 e. The third-order valence-electron chi connectivity index (χ3n) is 3.91. The zero-order valence-electron chi connectivity index (χ0n) is 12.7. The van der Waals surface area contributed by atoms with Gasteiger partial charge in [-0.2, -0.15) is 0 Å². The minimum absolute atomic E-state index is 0.239. The molecular formula is C20H13FN2O. The number of aromatic nitrogens is 2. The molecule has 0 saturated heterocycles. The van der Waals surface area contributed by atoms with Crippen molar-refractivity contribution in [1.29, 1.82) is 0 Å². The fourth-order valence-corrected chi connectivity index (χ4v) is 2.72. The molecule has 24 heavy (non-hydrogen) atoms. The Hall–Kier alpha value is -3.27. The Labute approximate surface area is 137 Å². The molecule has 4 aromatic rings. The summed E-state index contributed by atoms with van der Waals surface area (Å²) in [6.07, 6.45) is 0. The first-order valence-electron chi connectivity index (χ1n) is 7.56. The normalized spacial score (nSPS) is 10.9. The van der Waals surface area contributed by atoms with E-state index in [9.17, 15) is 9.18 Å². The van der Waals surface area contributed by atoms with Gasteiger partial charge in [0.05, 0.1) is 10.9 Å². The van der Waals surface area contributed by atoms with Crippen LogP contribution in [0.1, 0.15) is 0 Å². The Kier molecular flexibility index (Phi) is 3.43. The molecule has 116 valence electrons. The molecule has 0 bridgehead atoms. The number of nitrogens with zero attached hydrogens (tertiary/aromatic N) is 1. The van der Waals surface area contributed by atoms with Crippen molar-refractivity contribution >= 4 is 10.9 Å². The predicted molar refractivity (Wildman–Crippen MR) is 93.2 cm³/mol. The molecule has 3 nitrogen and oxygen atoms in total. The molecule has 1 aromatic heterocycles. The highest BCUT2D eigenvalue weighted by molar-refractivity contribution is 5.84. The monoisotopic (exact) mass is 316 g/mol. The lowest BCUT2D eigenvalue weighted by Gasteiger charge is -2.06. The van der Waals surface area contributed by atoms with Crippen LogP contribution in [0, 0.1) is 5.82 Å². The van der Waals surface area contributed by atoms with Crippen LogP contribution < -0.4 is 5.56 Å². The molecule has 1 heterocycles. The van der Waals surface area contributed by atoms with Crippen molar-refractivity contribution in [2.75, 3.05) is 0 Å². The van der Waals surface area contributed by atoms with Gasteiger partial charge in [-0.05, 0) is 35.4 Å². The SMILES string of the molecule is O=c1[nH]c(-c2cccc(F)c2)nc2ccc(-c3ccccc3)cc12. The number of fused-ring (bicyclic) bond motifs is 1. The number of H-pyrrole nitrogens is 1. The highest BCUT2D eigenvalue weighted by Crippen LogP contribution is 2.23. The highest BCUT2D eigenvalue weighted by atomic mass is 19.1. The first-order valence-corrected chi connectivity index (χ1v) is 7.56. The van der Waals surface area contributed by atoms with Gasteiger partial charge in [0.2, 0.25) is 0 Å². The average molecular weight is 316 g/mol. The first kappa shape index (κ1) is 14.3. The topological polar surface area (TPSA) is 45.8 Å². The standard InChI is InChI=1S/C20H13FN2O/c21-16-8-4-7-15(11-16)19-22-18-10-9-14(12-17(18)20(24)23-19)13-5-2-1-3-6-13/h1-12H,(H,22,23,24). The lowest BCUT2D eigenvalue weighted by atomic mass is 10.0. The second-order valence-electron chi connectivity index (χ2n) is 5.52. The maximum absolute atomic E-state index is 13.4. The molecule has 0 fully saturated rings. The average Bonchev–Trinajstić information content (AvgIpc) is 2.62. The van der Waals surface area contributed by atoms with Crippen LogP contribution in [0.5, 0.6) is 0 Å². The van der Waals surface area contributed by atoms with E-state index in [0.29, 0.717) is 22.3 Å². The molecule has 4 heteroatoms. The molecule has 0 spiro atoms. The van der Waals surface area contributed by atoms with E-state index in [1.165, 1.54) is 12.1 Å². The summed E-state index contributed by atoms with van der Waals surface area (Å²) in [7, 11) is 0. The Bertz CT molecular complexity index is 1090. The fourth-order valence-electron chi connectivity index (χ4n) is 2.72. The molecule has 0 radical (unpaired) electrons. The van der Waals surface area contributed by atoms with Gasteiger partial charge in [0.15, 0.2) is 0 Å². The molecule has 0 amide bonds. The van der Waals surface area contributed by atoms with Crippen molar-refractivity contribution < 1.29 is 4.39 Å². The molecule has 0 unspecified atom stereocenters. The van der Waals surface area contributed by atoms with Gasteiger partial charge in [-0.1, -0.05) is 48.5 Å². The molecular weight excluding hydrogens is 303 g/mol. The van der Waals surface area contributed by atoms with Crippen LogP contribution in [0.4, 0.5) is 4.39 Å². The summed E-state index contributed by atoms with van der Waals surface area (Å²) < 4.78 is 13.4. The van der Waals surface area contributed by atoms with E-state index in [4.69, 9.17) is 0 Å². The quantitative estimate of drug-likeness (QED) is 0.596. The first-order chi connectivity index (χ1) is 11.7. The van der Waals surface area contributed by atoms with Crippen molar-refractivity contribution in [2.24, 2.45) is 0 Å². The fraction of sp³-hybridized carbons (Fsp3) is 0. The Morgan fingerprint density at radius 3 is 2.38 bits per heavy atom. The molecule has 0 aliphatic carbocycles. The van der Waals surface area contributed by atoms with Crippen LogP contribution in [0.15, 0.2) is 77.6 Å². The van der Waals surface area contributed by atoms with Gasteiger partial charge >= 0.3 is 0 Å². The molecule has 0 saturated carbocycles. The largest absolute Gasteiger partial charge is 0.306 e. The van der Waals surface area contributed by atoms with Gasteiger partial charge in [-0.3, -0.25) is 4.79 Å². The van der Waals surface area contributed by atoms with Crippen LogP contribution in [0.2, 0.25) is 0 Å². The van der Waals surface area contributed by atoms with E-state index in [1.54, 1.807) is 12.1 Å². The van der Waals surface area contributed by atoms with Crippen LogP contribution in [0.25, 0.3) is 33.4 Å². The molecule has 0 aliphatic rings. The van der Waals surface area contributed by atoms with Crippen LogP contribution in [-0.2, 0) is 0 Å². The predicted octanol–water partition coefficient (Wildman–Crippen LogP) is 4.40. The Morgan fingerprint density at radius 2 is 1.58 bits per heavy atom. The summed E-state index contributed by atoms with van der Waals surface area (Å²) in [5, 5.41) is 0.511. The van der Waals surface area contributed by atoms with Crippen LogP contribution in [0.3, 0.4) is 0 Å². The van der Waals surface area contributed by atoms with Crippen molar-refractivity contribution in [3.05, 3.63) is 89.0 Å². The smallest absolute Gasteiger partial charge is 0.259 e. The number of rotatable bonds is 2. The van der Waals surface area contributed by atoms with E-state index in [2.05, 4.69) is 9.97 Å². The second kappa shape index (κ2) is 5.74. The van der Waals surface area contributed by atoms with E-state index in [1.807, 2.05) is 48.5 Å².